The molecule has 1 aliphatic rings. The maximum absolute atomic E-state index is 2.44. The molecule has 0 aliphatic heterocycles. The lowest BCUT2D eigenvalue weighted by atomic mass is 9.77. The molecule has 0 nitrogen and oxygen atoms in total. The van der Waals surface area contributed by atoms with E-state index in [1.54, 1.807) is 11.1 Å². The van der Waals surface area contributed by atoms with Gasteiger partial charge in [-0.3, -0.25) is 0 Å². The van der Waals surface area contributed by atoms with Crippen LogP contribution in [0.3, 0.4) is 0 Å². The van der Waals surface area contributed by atoms with Crippen LogP contribution in [0.2, 0.25) is 0 Å². The number of benzene rings is 2. The van der Waals surface area contributed by atoms with Crippen molar-refractivity contribution in [3.63, 3.8) is 0 Å². The van der Waals surface area contributed by atoms with Crippen LogP contribution in [0.25, 0.3) is 17.2 Å². The van der Waals surface area contributed by atoms with Gasteiger partial charge in [-0.05, 0) is 57.1 Å². The topological polar surface area (TPSA) is 0 Å². The molecule has 3 rings (SSSR count). The van der Waals surface area contributed by atoms with Crippen LogP contribution < -0.4 is 0 Å². The van der Waals surface area contributed by atoms with Crippen LogP contribution in [-0.2, 0) is 10.8 Å². The second kappa shape index (κ2) is 6.97. The Bertz CT molecular complexity index is 834. The Kier molecular flexibility index (Phi) is 5.14. The van der Waals surface area contributed by atoms with Gasteiger partial charge >= 0.3 is 0 Å². The third kappa shape index (κ3) is 3.77. The van der Waals surface area contributed by atoms with Crippen molar-refractivity contribution in [1.82, 2.24) is 0 Å². The highest BCUT2D eigenvalue weighted by atomic mass is 14.3. The van der Waals surface area contributed by atoms with E-state index in [-0.39, 0.29) is 10.8 Å². The van der Waals surface area contributed by atoms with Crippen LogP contribution in [-0.4, -0.2) is 0 Å². The monoisotopic (exact) mass is 360 g/mol. The molecular weight excluding hydrogens is 324 g/mol. The lowest BCUT2D eigenvalue weighted by Gasteiger charge is -2.27. The lowest BCUT2D eigenvalue weighted by molar-refractivity contribution is 0.569. The largest absolute Gasteiger partial charge is 0.0645 e. The Labute approximate surface area is 166 Å². The van der Waals surface area contributed by atoms with E-state index in [1.165, 1.54) is 34.2 Å². The molecule has 0 fully saturated rings. The van der Waals surface area contributed by atoms with Crippen LogP contribution in [0.15, 0.2) is 42.0 Å². The zero-order valence-corrected chi connectivity index (χ0v) is 18.5. The third-order valence-electron chi connectivity index (χ3n) is 6.07. The number of hydrogen-bond donors (Lipinski definition) is 0. The van der Waals surface area contributed by atoms with Crippen LogP contribution >= 0.6 is 0 Å². The van der Waals surface area contributed by atoms with E-state index in [4.69, 9.17) is 0 Å². The van der Waals surface area contributed by atoms with Crippen molar-refractivity contribution in [2.45, 2.75) is 85.0 Å². The molecule has 0 heteroatoms. The summed E-state index contributed by atoms with van der Waals surface area (Å²) >= 11 is 0. The fourth-order valence-corrected chi connectivity index (χ4v) is 4.30. The van der Waals surface area contributed by atoms with Gasteiger partial charge in [-0.1, -0.05) is 103 Å². The summed E-state index contributed by atoms with van der Waals surface area (Å²) in [4.78, 5) is 0. The van der Waals surface area contributed by atoms with Crippen molar-refractivity contribution in [2.24, 2.45) is 0 Å². The van der Waals surface area contributed by atoms with E-state index in [0.717, 1.165) is 6.42 Å². The summed E-state index contributed by atoms with van der Waals surface area (Å²) in [5.41, 5.74) is 10.5. The minimum atomic E-state index is 0.144. The highest BCUT2D eigenvalue weighted by Crippen LogP contribution is 2.46. The van der Waals surface area contributed by atoms with E-state index < -0.39 is 0 Å². The second-order valence-electron chi connectivity index (χ2n) is 10.1. The molecule has 1 atom stereocenters. The summed E-state index contributed by atoms with van der Waals surface area (Å²) in [6.45, 7) is 18.5. The Morgan fingerprint density at radius 2 is 1.41 bits per heavy atom. The molecule has 0 amide bonds. The van der Waals surface area contributed by atoms with Crippen molar-refractivity contribution >= 4 is 6.08 Å². The number of allylic oxidation sites excluding steroid dienone is 1. The number of fused-ring (bicyclic) bond motifs is 1. The van der Waals surface area contributed by atoms with Crippen molar-refractivity contribution in [1.29, 1.82) is 0 Å². The van der Waals surface area contributed by atoms with E-state index in [0.29, 0.717) is 5.92 Å². The summed E-state index contributed by atoms with van der Waals surface area (Å²) in [6.07, 6.45) is 4.75. The third-order valence-corrected chi connectivity index (χ3v) is 6.07. The molecule has 0 spiro atoms. The van der Waals surface area contributed by atoms with Crippen molar-refractivity contribution in [2.75, 3.05) is 0 Å². The molecule has 144 valence electrons. The predicted octanol–water partition coefficient (Wildman–Crippen LogP) is 8.25. The maximum atomic E-state index is 2.44. The Morgan fingerprint density at radius 3 is 1.89 bits per heavy atom. The Balaban J connectivity index is 2.24. The molecule has 0 heterocycles. The predicted molar refractivity (Wildman–Crippen MR) is 121 cm³/mol. The molecule has 1 unspecified atom stereocenters. The Morgan fingerprint density at radius 1 is 0.815 bits per heavy atom. The minimum absolute atomic E-state index is 0.144. The van der Waals surface area contributed by atoms with Crippen LogP contribution in [0.1, 0.15) is 96.4 Å². The van der Waals surface area contributed by atoms with Gasteiger partial charge in [0.25, 0.3) is 0 Å². The summed E-state index contributed by atoms with van der Waals surface area (Å²) in [6, 6.07) is 14.1. The van der Waals surface area contributed by atoms with Gasteiger partial charge in [0.2, 0.25) is 0 Å². The van der Waals surface area contributed by atoms with Gasteiger partial charge < -0.3 is 0 Å². The summed E-state index contributed by atoms with van der Waals surface area (Å²) in [7, 11) is 0. The lowest BCUT2D eigenvalue weighted by Crippen LogP contribution is -2.16. The molecule has 0 bridgehead atoms. The minimum Gasteiger partial charge on any atom is -0.0645 e. The summed E-state index contributed by atoms with van der Waals surface area (Å²) < 4.78 is 0. The first kappa shape index (κ1) is 19.9. The Hall–Kier alpha value is -1.82. The van der Waals surface area contributed by atoms with E-state index in [1.807, 2.05) is 0 Å². The molecule has 27 heavy (non-hydrogen) atoms. The van der Waals surface area contributed by atoms with Crippen molar-refractivity contribution in [3.05, 3.63) is 64.2 Å². The smallest absolute Gasteiger partial charge is 0.00608 e. The summed E-state index contributed by atoms with van der Waals surface area (Å²) in [5.74, 6) is 0.567. The molecule has 0 saturated heterocycles. The molecule has 2 aromatic carbocycles. The average molecular weight is 361 g/mol. The van der Waals surface area contributed by atoms with Gasteiger partial charge in [-0.25, -0.2) is 0 Å². The van der Waals surface area contributed by atoms with Crippen LogP contribution in [0.4, 0.5) is 0 Å². The second-order valence-corrected chi connectivity index (χ2v) is 10.1. The molecule has 1 aliphatic carbocycles. The highest BCUT2D eigenvalue weighted by molar-refractivity contribution is 5.79. The van der Waals surface area contributed by atoms with E-state index in [2.05, 4.69) is 97.9 Å². The van der Waals surface area contributed by atoms with Crippen LogP contribution in [0.5, 0.6) is 0 Å². The first-order chi connectivity index (χ1) is 12.6. The van der Waals surface area contributed by atoms with Gasteiger partial charge in [0, 0.05) is 5.92 Å². The highest BCUT2D eigenvalue weighted by Gasteiger charge is 2.27. The number of rotatable bonds is 3. The standard InChI is InChI=1S/C27H36/c1-9-18-14-19-12-11-13-24(25(19)23(18)10-2)20-15-21(26(3,4)5)17-22(16-20)27(6,7)8/h11-17,23H,9-10H2,1-8H3. The van der Waals surface area contributed by atoms with Gasteiger partial charge in [0.05, 0.1) is 0 Å². The molecule has 0 radical (unpaired) electrons. The van der Waals surface area contributed by atoms with Gasteiger partial charge in [-0.2, -0.15) is 0 Å². The molecule has 0 N–H and O–H groups in total. The zero-order valence-electron chi connectivity index (χ0n) is 18.5. The van der Waals surface area contributed by atoms with Gasteiger partial charge in [0.1, 0.15) is 0 Å². The van der Waals surface area contributed by atoms with Gasteiger partial charge in [-0.15, -0.1) is 0 Å². The zero-order chi connectivity index (χ0) is 20.0. The SMILES string of the molecule is CCC1=Cc2cccc(-c3cc(C(C)(C)C)cc(C(C)(C)C)c3)c2C1CC. The average Bonchev–Trinajstić information content (AvgIpc) is 2.97. The first-order valence-corrected chi connectivity index (χ1v) is 10.6. The van der Waals surface area contributed by atoms with E-state index >= 15 is 0 Å². The first-order valence-electron chi connectivity index (χ1n) is 10.6. The molecule has 2 aromatic rings. The normalized spacial score (nSPS) is 17.0. The summed E-state index contributed by atoms with van der Waals surface area (Å²) in [5, 5.41) is 0. The molecular formula is C27H36. The fraction of sp³-hybridized carbons (Fsp3) is 0.481. The molecule has 0 aromatic heterocycles. The van der Waals surface area contributed by atoms with Crippen molar-refractivity contribution < 1.29 is 0 Å². The molecule has 0 saturated carbocycles. The van der Waals surface area contributed by atoms with Crippen molar-refractivity contribution in [3.8, 4) is 11.1 Å². The van der Waals surface area contributed by atoms with E-state index in [9.17, 15) is 0 Å². The number of hydrogen-bond acceptors (Lipinski definition) is 0. The maximum Gasteiger partial charge on any atom is 0.00608 e. The fourth-order valence-electron chi connectivity index (χ4n) is 4.30. The van der Waals surface area contributed by atoms with Crippen LogP contribution in [0, 0.1) is 0 Å². The van der Waals surface area contributed by atoms with Gasteiger partial charge in [0.15, 0.2) is 0 Å². The quantitative estimate of drug-likeness (QED) is 0.517.